The van der Waals surface area contributed by atoms with Crippen molar-refractivity contribution in [3.63, 3.8) is 0 Å². The van der Waals surface area contributed by atoms with Crippen molar-refractivity contribution in [2.75, 3.05) is 16.4 Å². The number of aromatic amines is 1. The Morgan fingerprint density at radius 3 is 2.77 bits per heavy atom. The zero-order valence-corrected chi connectivity index (χ0v) is 17.5. The van der Waals surface area contributed by atoms with Gasteiger partial charge in [-0.05, 0) is 37.1 Å². The second-order valence-electron chi connectivity index (χ2n) is 7.24. The SMILES string of the molecule is Cc1ccccc1N1C=c2c(C)cccc2=NC1CSc1nc(N)nc2nc[nH]c12. The molecular formula is C22H21N7S. The minimum absolute atomic E-state index is 0.0837. The van der Waals surface area contributed by atoms with Crippen molar-refractivity contribution in [3.05, 3.63) is 70.5 Å². The third-order valence-corrected chi connectivity index (χ3v) is 6.24. The number of aryl methyl sites for hydroxylation is 2. The summed E-state index contributed by atoms with van der Waals surface area (Å²) >= 11 is 1.60. The van der Waals surface area contributed by atoms with Crippen molar-refractivity contribution in [3.8, 4) is 0 Å². The maximum Gasteiger partial charge on any atom is 0.223 e. The van der Waals surface area contributed by atoms with E-state index >= 15 is 0 Å². The molecule has 0 aliphatic carbocycles. The molecule has 1 aliphatic rings. The molecule has 2 aromatic heterocycles. The van der Waals surface area contributed by atoms with Gasteiger partial charge in [-0.25, -0.2) is 9.97 Å². The number of nitrogen functional groups attached to an aromatic ring is 1. The van der Waals surface area contributed by atoms with E-state index in [-0.39, 0.29) is 12.1 Å². The lowest BCUT2D eigenvalue weighted by Gasteiger charge is -2.31. The predicted octanol–water partition coefficient (Wildman–Crippen LogP) is 2.55. The van der Waals surface area contributed by atoms with Crippen LogP contribution in [0, 0.1) is 13.8 Å². The monoisotopic (exact) mass is 415 g/mol. The number of H-pyrrole nitrogens is 1. The molecule has 3 N–H and O–H groups in total. The number of benzene rings is 2. The van der Waals surface area contributed by atoms with Crippen molar-refractivity contribution >= 4 is 40.8 Å². The number of nitrogens with one attached hydrogen (secondary N) is 1. The van der Waals surface area contributed by atoms with Crippen LogP contribution in [0.25, 0.3) is 17.4 Å². The lowest BCUT2D eigenvalue weighted by atomic mass is 10.1. The highest BCUT2D eigenvalue weighted by Crippen LogP contribution is 2.29. The smallest absolute Gasteiger partial charge is 0.223 e. The van der Waals surface area contributed by atoms with Gasteiger partial charge in [0, 0.05) is 22.9 Å². The van der Waals surface area contributed by atoms with Crippen molar-refractivity contribution < 1.29 is 0 Å². The third kappa shape index (κ3) is 3.29. The number of hydrogen-bond donors (Lipinski definition) is 2. The molecule has 0 saturated carbocycles. The van der Waals surface area contributed by atoms with Crippen LogP contribution in [0.2, 0.25) is 0 Å². The summed E-state index contributed by atoms with van der Waals surface area (Å²) in [5.74, 6) is 0.920. The Morgan fingerprint density at radius 1 is 1.07 bits per heavy atom. The molecule has 5 rings (SSSR count). The molecule has 4 aromatic rings. The van der Waals surface area contributed by atoms with E-state index in [0.29, 0.717) is 11.4 Å². The van der Waals surface area contributed by atoms with Gasteiger partial charge < -0.3 is 15.6 Å². The lowest BCUT2D eigenvalue weighted by molar-refractivity contribution is 0.736. The summed E-state index contributed by atoms with van der Waals surface area (Å²) in [6.07, 6.45) is 3.74. The van der Waals surface area contributed by atoms with Crippen LogP contribution in [-0.4, -0.2) is 31.9 Å². The minimum Gasteiger partial charge on any atom is -0.368 e. The van der Waals surface area contributed by atoms with Gasteiger partial charge in [0.1, 0.15) is 16.7 Å². The number of aromatic nitrogens is 4. The van der Waals surface area contributed by atoms with Gasteiger partial charge in [-0.1, -0.05) is 42.1 Å². The molecule has 8 heteroatoms. The fraction of sp³-hybridized carbons (Fsp3) is 0.182. The van der Waals surface area contributed by atoms with E-state index in [1.165, 1.54) is 11.1 Å². The van der Waals surface area contributed by atoms with E-state index in [0.717, 1.165) is 26.8 Å². The highest BCUT2D eigenvalue weighted by molar-refractivity contribution is 7.99. The quantitative estimate of drug-likeness (QED) is 0.393. The number of nitrogens with two attached hydrogens (primary N) is 1. The van der Waals surface area contributed by atoms with Crippen molar-refractivity contribution in [2.24, 2.45) is 4.99 Å². The van der Waals surface area contributed by atoms with Crippen LogP contribution in [0.5, 0.6) is 0 Å². The molecular weight excluding hydrogens is 394 g/mol. The number of anilines is 2. The van der Waals surface area contributed by atoms with Crippen molar-refractivity contribution in [1.82, 2.24) is 19.9 Å². The molecule has 7 nitrogen and oxygen atoms in total. The number of thioether (sulfide) groups is 1. The average molecular weight is 416 g/mol. The Balaban J connectivity index is 1.56. The Morgan fingerprint density at radius 2 is 1.90 bits per heavy atom. The molecule has 0 saturated heterocycles. The van der Waals surface area contributed by atoms with Gasteiger partial charge in [-0.3, -0.25) is 4.99 Å². The summed E-state index contributed by atoms with van der Waals surface area (Å²) in [6.45, 7) is 4.24. The molecule has 1 aliphatic heterocycles. The normalized spacial score (nSPS) is 15.5. The molecule has 2 aromatic carbocycles. The van der Waals surface area contributed by atoms with E-state index < -0.39 is 0 Å². The maximum absolute atomic E-state index is 5.88. The molecule has 0 spiro atoms. The number of rotatable bonds is 4. The van der Waals surface area contributed by atoms with Gasteiger partial charge in [0.15, 0.2) is 5.65 Å². The topological polar surface area (TPSA) is 96.1 Å². The standard InChI is InChI=1S/C22H21N7S/c1-13-7-5-8-16-15(13)10-29(17-9-4-3-6-14(17)2)18(26-16)11-30-21-19-20(25-12-24-19)27-22(23)28-21/h3-10,12,18H,11H2,1-2H3,(H3,23,24,25,27,28). The molecule has 150 valence electrons. The Labute approximate surface area is 177 Å². The van der Waals surface area contributed by atoms with Gasteiger partial charge in [-0.2, -0.15) is 4.98 Å². The summed E-state index contributed by atoms with van der Waals surface area (Å²) in [6, 6.07) is 14.6. The first-order valence-corrected chi connectivity index (χ1v) is 10.7. The number of imidazole rings is 1. The fourth-order valence-corrected chi connectivity index (χ4v) is 4.67. The number of para-hydroxylation sites is 1. The zero-order chi connectivity index (χ0) is 20.7. The van der Waals surface area contributed by atoms with Crippen LogP contribution in [-0.2, 0) is 0 Å². The molecule has 30 heavy (non-hydrogen) atoms. The Bertz CT molecular complexity index is 1360. The van der Waals surface area contributed by atoms with E-state index in [9.17, 15) is 0 Å². The van der Waals surface area contributed by atoms with Crippen LogP contribution < -0.4 is 21.2 Å². The van der Waals surface area contributed by atoms with Gasteiger partial charge in [-0.15, -0.1) is 0 Å². The first kappa shape index (κ1) is 18.6. The van der Waals surface area contributed by atoms with Crippen molar-refractivity contribution in [1.29, 1.82) is 0 Å². The van der Waals surface area contributed by atoms with Gasteiger partial charge in [0.2, 0.25) is 5.95 Å². The highest BCUT2D eigenvalue weighted by atomic mass is 32.2. The minimum atomic E-state index is -0.0837. The van der Waals surface area contributed by atoms with Crippen molar-refractivity contribution in [2.45, 2.75) is 25.0 Å². The lowest BCUT2D eigenvalue weighted by Crippen LogP contribution is -2.44. The Hall–Kier alpha value is -3.39. The van der Waals surface area contributed by atoms with E-state index in [1.54, 1.807) is 18.1 Å². The molecule has 1 atom stereocenters. The van der Waals surface area contributed by atoms with Gasteiger partial charge in [0.25, 0.3) is 0 Å². The maximum atomic E-state index is 5.88. The van der Waals surface area contributed by atoms with Crippen LogP contribution in [0.4, 0.5) is 11.6 Å². The number of fused-ring (bicyclic) bond motifs is 2. The Kier molecular flexibility index (Phi) is 4.63. The summed E-state index contributed by atoms with van der Waals surface area (Å²) in [4.78, 5) is 23.3. The predicted molar refractivity (Wildman–Crippen MR) is 121 cm³/mol. The zero-order valence-electron chi connectivity index (χ0n) is 16.7. The number of hydrogen-bond acceptors (Lipinski definition) is 7. The van der Waals surface area contributed by atoms with E-state index in [2.05, 4.69) is 87.3 Å². The largest absolute Gasteiger partial charge is 0.368 e. The summed E-state index contributed by atoms with van der Waals surface area (Å²) in [7, 11) is 0. The van der Waals surface area contributed by atoms with Gasteiger partial charge in [0.05, 0.1) is 11.7 Å². The van der Waals surface area contributed by atoms with E-state index in [4.69, 9.17) is 10.7 Å². The average Bonchev–Trinajstić information content (AvgIpc) is 3.21. The molecule has 0 radical (unpaired) electrons. The molecule has 0 amide bonds. The second-order valence-corrected chi connectivity index (χ2v) is 8.25. The summed E-state index contributed by atoms with van der Waals surface area (Å²) < 4.78 is 0. The van der Waals surface area contributed by atoms with Crippen LogP contribution >= 0.6 is 11.8 Å². The van der Waals surface area contributed by atoms with Crippen LogP contribution in [0.1, 0.15) is 11.1 Å². The molecule has 0 bridgehead atoms. The third-order valence-electron chi connectivity index (χ3n) is 5.21. The summed E-state index contributed by atoms with van der Waals surface area (Å²) in [5.41, 5.74) is 10.8. The van der Waals surface area contributed by atoms with Gasteiger partial charge >= 0.3 is 0 Å². The van der Waals surface area contributed by atoms with Crippen LogP contribution in [0.15, 0.2) is 58.8 Å². The fourth-order valence-electron chi connectivity index (χ4n) is 3.67. The molecule has 3 heterocycles. The van der Waals surface area contributed by atoms with Crippen LogP contribution in [0.3, 0.4) is 0 Å². The highest BCUT2D eigenvalue weighted by Gasteiger charge is 2.22. The van der Waals surface area contributed by atoms with E-state index in [1.807, 2.05) is 0 Å². The number of nitrogens with zero attached hydrogens (tertiary/aromatic N) is 5. The first-order chi connectivity index (χ1) is 14.6. The first-order valence-electron chi connectivity index (χ1n) is 9.69. The molecule has 0 fully saturated rings. The molecule has 1 unspecified atom stereocenters. The summed E-state index contributed by atoms with van der Waals surface area (Å²) in [5, 5.41) is 2.95. The second kappa shape index (κ2) is 7.46.